The summed E-state index contributed by atoms with van der Waals surface area (Å²) in [4.78, 5) is 0. The second-order valence-electron chi connectivity index (χ2n) is 7.44. The molecule has 0 amide bonds. The zero-order chi connectivity index (χ0) is 22.5. The fraction of sp³-hybridized carbons (Fsp3) is 0.103. The fourth-order valence-corrected chi connectivity index (χ4v) is 3.37. The van der Waals surface area contributed by atoms with E-state index < -0.39 is 17.5 Å². The van der Waals surface area contributed by atoms with Crippen molar-refractivity contribution >= 4 is 10.8 Å². The fourth-order valence-electron chi connectivity index (χ4n) is 3.37. The monoisotopic (exact) mass is 424 g/mol. The van der Waals surface area contributed by atoms with Gasteiger partial charge in [0.2, 0.25) is 0 Å². The van der Waals surface area contributed by atoms with Crippen molar-refractivity contribution in [3.63, 3.8) is 0 Å². The van der Waals surface area contributed by atoms with Gasteiger partial charge in [0.25, 0.3) is 0 Å². The van der Waals surface area contributed by atoms with Gasteiger partial charge in [-0.05, 0) is 65.9 Å². The lowest BCUT2D eigenvalue weighted by atomic mass is 10.0. The molecular weight excluding hydrogens is 405 g/mol. The van der Waals surface area contributed by atoms with Crippen LogP contribution >= 0.6 is 0 Å². The van der Waals surface area contributed by atoms with Gasteiger partial charge in [-0.3, -0.25) is 0 Å². The first kappa shape index (κ1) is 21.3. The van der Waals surface area contributed by atoms with E-state index in [-0.39, 0.29) is 11.1 Å². The Kier molecular flexibility index (Phi) is 6.29. The Hall–Kier alpha value is -3.95. The molecule has 0 heterocycles. The SMILES string of the molecule is CCCc1ccc(C#Cc2ccc3c(F)c(C#Cc4ccc(F)c(F)c4)ccc3c2)cc1. The highest BCUT2D eigenvalue weighted by Crippen LogP contribution is 2.22. The molecule has 0 fully saturated rings. The Bertz CT molecular complexity index is 1410. The van der Waals surface area contributed by atoms with E-state index in [1.165, 1.54) is 11.6 Å². The highest BCUT2D eigenvalue weighted by Gasteiger charge is 2.06. The van der Waals surface area contributed by atoms with Gasteiger partial charge >= 0.3 is 0 Å². The molecule has 0 saturated carbocycles. The molecule has 0 aliphatic rings. The molecule has 0 aliphatic heterocycles. The highest BCUT2D eigenvalue weighted by atomic mass is 19.2. The number of hydrogen-bond donors (Lipinski definition) is 0. The Morgan fingerprint density at radius 3 is 2.03 bits per heavy atom. The summed E-state index contributed by atoms with van der Waals surface area (Å²) in [5.74, 6) is 9.27. The molecule has 4 aromatic carbocycles. The molecule has 0 radical (unpaired) electrons. The number of hydrogen-bond acceptors (Lipinski definition) is 0. The van der Waals surface area contributed by atoms with Crippen LogP contribution in [-0.2, 0) is 6.42 Å². The van der Waals surface area contributed by atoms with E-state index in [1.54, 1.807) is 24.3 Å². The number of fused-ring (bicyclic) bond motifs is 1. The zero-order valence-corrected chi connectivity index (χ0v) is 17.5. The van der Waals surface area contributed by atoms with E-state index >= 15 is 0 Å². The van der Waals surface area contributed by atoms with Gasteiger partial charge in [-0.25, -0.2) is 13.2 Å². The summed E-state index contributed by atoms with van der Waals surface area (Å²) in [7, 11) is 0. The standard InChI is InChI=1S/C29H19F3/c1-2-3-20-4-6-21(7-5-20)8-9-22-11-16-26-25(18-22)15-14-24(29(26)32)13-10-23-12-17-27(30)28(31)19-23/h4-7,11-12,14-19H,2-3H2,1H3. The van der Waals surface area contributed by atoms with E-state index in [0.717, 1.165) is 36.1 Å². The topological polar surface area (TPSA) is 0 Å². The average Bonchev–Trinajstić information content (AvgIpc) is 2.80. The minimum Gasteiger partial charge on any atom is -0.205 e. The number of rotatable bonds is 2. The first-order valence-electron chi connectivity index (χ1n) is 10.3. The number of halogens is 3. The molecule has 0 bridgehead atoms. The third kappa shape index (κ3) is 4.85. The third-order valence-electron chi connectivity index (χ3n) is 5.06. The van der Waals surface area contributed by atoms with Crippen LogP contribution in [0.5, 0.6) is 0 Å². The molecule has 4 aromatic rings. The molecular formula is C29H19F3. The zero-order valence-electron chi connectivity index (χ0n) is 17.5. The van der Waals surface area contributed by atoms with Crippen LogP contribution in [0.25, 0.3) is 10.8 Å². The third-order valence-corrected chi connectivity index (χ3v) is 5.06. The molecule has 32 heavy (non-hydrogen) atoms. The summed E-state index contributed by atoms with van der Waals surface area (Å²) in [6.07, 6.45) is 2.16. The molecule has 0 unspecified atom stereocenters. The van der Waals surface area contributed by atoms with Gasteiger partial charge in [0.15, 0.2) is 11.6 Å². The summed E-state index contributed by atoms with van der Waals surface area (Å²) < 4.78 is 41.3. The van der Waals surface area contributed by atoms with Crippen molar-refractivity contribution in [3.8, 4) is 23.7 Å². The molecule has 0 nitrogen and oxygen atoms in total. The average molecular weight is 424 g/mol. The van der Waals surface area contributed by atoms with Crippen molar-refractivity contribution < 1.29 is 13.2 Å². The molecule has 4 rings (SSSR count). The Balaban J connectivity index is 1.59. The molecule has 0 aliphatic carbocycles. The maximum atomic E-state index is 14.9. The van der Waals surface area contributed by atoms with Gasteiger partial charge in [0.1, 0.15) is 5.82 Å². The summed E-state index contributed by atoms with van der Waals surface area (Å²) in [5.41, 5.74) is 3.47. The van der Waals surface area contributed by atoms with Crippen LogP contribution in [0, 0.1) is 41.1 Å². The van der Waals surface area contributed by atoms with Crippen LogP contribution in [0.4, 0.5) is 13.2 Å². The maximum Gasteiger partial charge on any atom is 0.160 e. The van der Waals surface area contributed by atoms with Gasteiger partial charge in [-0.15, -0.1) is 0 Å². The van der Waals surface area contributed by atoms with Crippen LogP contribution in [0.3, 0.4) is 0 Å². The second kappa shape index (κ2) is 9.46. The lowest BCUT2D eigenvalue weighted by Crippen LogP contribution is -1.88. The minimum absolute atomic E-state index is 0.188. The molecule has 0 N–H and O–H groups in total. The first-order chi connectivity index (χ1) is 15.5. The maximum absolute atomic E-state index is 14.9. The highest BCUT2D eigenvalue weighted by molar-refractivity contribution is 5.86. The largest absolute Gasteiger partial charge is 0.205 e. The van der Waals surface area contributed by atoms with Gasteiger partial charge < -0.3 is 0 Å². The Morgan fingerprint density at radius 1 is 0.625 bits per heavy atom. The molecule has 0 spiro atoms. The number of aryl methyl sites for hydroxylation is 1. The molecule has 156 valence electrons. The van der Waals surface area contributed by atoms with Crippen molar-refractivity contribution in [1.82, 2.24) is 0 Å². The normalized spacial score (nSPS) is 10.2. The van der Waals surface area contributed by atoms with Crippen LogP contribution in [0.2, 0.25) is 0 Å². The van der Waals surface area contributed by atoms with Crippen molar-refractivity contribution in [2.45, 2.75) is 19.8 Å². The summed E-state index contributed by atoms with van der Waals surface area (Å²) in [5, 5.41) is 1.14. The van der Waals surface area contributed by atoms with Gasteiger partial charge in [0.05, 0.1) is 5.56 Å². The van der Waals surface area contributed by atoms with Crippen LogP contribution in [0.15, 0.2) is 72.8 Å². The van der Waals surface area contributed by atoms with Crippen LogP contribution < -0.4 is 0 Å². The van der Waals surface area contributed by atoms with Crippen molar-refractivity contribution in [1.29, 1.82) is 0 Å². The van der Waals surface area contributed by atoms with E-state index in [0.29, 0.717) is 10.8 Å². The second-order valence-corrected chi connectivity index (χ2v) is 7.44. The van der Waals surface area contributed by atoms with Gasteiger partial charge in [0, 0.05) is 22.1 Å². The lowest BCUT2D eigenvalue weighted by Gasteiger charge is -2.03. The lowest BCUT2D eigenvalue weighted by molar-refractivity contribution is 0.508. The smallest absolute Gasteiger partial charge is 0.160 e. The molecule has 0 atom stereocenters. The van der Waals surface area contributed by atoms with Crippen LogP contribution in [0.1, 0.15) is 41.2 Å². The van der Waals surface area contributed by atoms with Crippen molar-refractivity contribution in [2.75, 3.05) is 0 Å². The summed E-state index contributed by atoms with van der Waals surface area (Å²) in [6.45, 7) is 2.15. The number of benzene rings is 4. The van der Waals surface area contributed by atoms with E-state index in [9.17, 15) is 13.2 Å². The Labute approximate surface area is 185 Å². The summed E-state index contributed by atoms with van der Waals surface area (Å²) in [6, 6.07) is 20.2. The molecule has 3 heteroatoms. The van der Waals surface area contributed by atoms with E-state index in [2.05, 4.69) is 42.7 Å². The van der Waals surface area contributed by atoms with Crippen molar-refractivity contribution in [3.05, 3.63) is 118 Å². The predicted octanol–water partition coefficient (Wildman–Crippen LogP) is 7.01. The van der Waals surface area contributed by atoms with E-state index in [1.807, 2.05) is 18.2 Å². The first-order valence-corrected chi connectivity index (χ1v) is 10.3. The molecule has 0 aromatic heterocycles. The van der Waals surface area contributed by atoms with E-state index in [4.69, 9.17) is 0 Å². The Morgan fingerprint density at radius 2 is 1.28 bits per heavy atom. The quantitative estimate of drug-likeness (QED) is 0.304. The van der Waals surface area contributed by atoms with Gasteiger partial charge in [-0.2, -0.15) is 0 Å². The predicted molar refractivity (Wildman–Crippen MR) is 123 cm³/mol. The van der Waals surface area contributed by atoms with Crippen molar-refractivity contribution in [2.24, 2.45) is 0 Å². The van der Waals surface area contributed by atoms with Crippen LogP contribution in [-0.4, -0.2) is 0 Å². The summed E-state index contributed by atoms with van der Waals surface area (Å²) >= 11 is 0. The van der Waals surface area contributed by atoms with Gasteiger partial charge in [-0.1, -0.05) is 61.3 Å². The minimum atomic E-state index is -0.985. The molecule has 0 saturated heterocycles.